The number of nitriles is 1. The first-order valence-corrected chi connectivity index (χ1v) is 7.46. The van der Waals surface area contributed by atoms with Crippen LogP contribution in [0.15, 0.2) is 23.1 Å². The third kappa shape index (κ3) is 2.37. The molecule has 1 atom stereocenters. The van der Waals surface area contributed by atoms with E-state index in [1.165, 1.54) is 22.5 Å². The molecule has 1 unspecified atom stereocenters. The molecule has 1 aromatic carbocycles. The topological polar surface area (TPSA) is 61.2 Å². The second-order valence-corrected chi connectivity index (χ2v) is 6.86. The van der Waals surface area contributed by atoms with E-state index >= 15 is 0 Å². The van der Waals surface area contributed by atoms with Gasteiger partial charge >= 0.3 is 0 Å². The van der Waals surface area contributed by atoms with Crippen LogP contribution in [0.25, 0.3) is 0 Å². The van der Waals surface area contributed by atoms with E-state index in [0.29, 0.717) is 19.0 Å². The molecule has 1 aliphatic heterocycles. The zero-order chi connectivity index (χ0) is 13.3. The monoisotopic (exact) mass is 284 g/mol. The second kappa shape index (κ2) is 4.88. The molecule has 96 valence electrons. The van der Waals surface area contributed by atoms with Gasteiger partial charge < -0.3 is 0 Å². The van der Waals surface area contributed by atoms with Crippen LogP contribution in [0.2, 0.25) is 5.02 Å². The van der Waals surface area contributed by atoms with E-state index in [-0.39, 0.29) is 15.5 Å². The summed E-state index contributed by atoms with van der Waals surface area (Å²) in [4.78, 5) is 0.153. The van der Waals surface area contributed by atoms with Gasteiger partial charge in [0.15, 0.2) is 0 Å². The highest BCUT2D eigenvalue weighted by Crippen LogP contribution is 2.26. The number of halogens is 1. The Labute approximate surface area is 112 Å². The van der Waals surface area contributed by atoms with Gasteiger partial charge in [-0.1, -0.05) is 18.5 Å². The maximum atomic E-state index is 12.3. The molecule has 0 bridgehead atoms. The minimum Gasteiger partial charge on any atom is -0.207 e. The summed E-state index contributed by atoms with van der Waals surface area (Å²) in [6.07, 6.45) is 0.878. The predicted molar refractivity (Wildman–Crippen MR) is 68.7 cm³/mol. The standard InChI is InChI=1S/C12H13ClN2O2S/c1-9-4-5-15(8-9)18(16,17)11-3-2-10(7-14)12(13)6-11/h2-3,6,9H,4-5,8H2,1H3. The molecule has 0 aliphatic carbocycles. The van der Waals surface area contributed by atoms with Crippen molar-refractivity contribution in [2.45, 2.75) is 18.2 Å². The van der Waals surface area contributed by atoms with Gasteiger partial charge in [0.2, 0.25) is 10.0 Å². The lowest BCUT2D eigenvalue weighted by Crippen LogP contribution is -2.28. The Bertz CT molecular complexity index is 607. The maximum Gasteiger partial charge on any atom is 0.243 e. The molecular weight excluding hydrogens is 272 g/mol. The molecule has 6 heteroatoms. The van der Waals surface area contributed by atoms with Crippen molar-refractivity contribution in [2.24, 2.45) is 5.92 Å². The minimum absolute atomic E-state index is 0.153. The van der Waals surface area contributed by atoms with Crippen LogP contribution < -0.4 is 0 Å². The van der Waals surface area contributed by atoms with Crippen LogP contribution in [0.1, 0.15) is 18.9 Å². The molecule has 2 rings (SSSR count). The highest BCUT2D eigenvalue weighted by molar-refractivity contribution is 7.89. The van der Waals surface area contributed by atoms with E-state index in [2.05, 4.69) is 0 Å². The SMILES string of the molecule is CC1CCN(S(=O)(=O)c2ccc(C#N)c(Cl)c2)C1. The van der Waals surface area contributed by atoms with Gasteiger partial charge in [0.25, 0.3) is 0 Å². The molecule has 0 saturated carbocycles. The summed E-state index contributed by atoms with van der Waals surface area (Å²) < 4.78 is 26.1. The molecule has 18 heavy (non-hydrogen) atoms. The fourth-order valence-corrected chi connectivity index (χ4v) is 3.90. The van der Waals surface area contributed by atoms with Crippen LogP contribution in [0.3, 0.4) is 0 Å². The number of hydrogen-bond donors (Lipinski definition) is 0. The smallest absolute Gasteiger partial charge is 0.207 e. The van der Waals surface area contributed by atoms with Crippen molar-refractivity contribution in [3.63, 3.8) is 0 Å². The number of nitrogens with zero attached hydrogens (tertiary/aromatic N) is 2. The third-order valence-electron chi connectivity index (χ3n) is 3.09. The van der Waals surface area contributed by atoms with Crippen molar-refractivity contribution in [1.29, 1.82) is 5.26 Å². The van der Waals surface area contributed by atoms with Crippen molar-refractivity contribution >= 4 is 21.6 Å². The van der Waals surface area contributed by atoms with E-state index in [0.717, 1.165) is 6.42 Å². The summed E-state index contributed by atoms with van der Waals surface area (Å²) >= 11 is 5.87. The van der Waals surface area contributed by atoms with Crippen molar-refractivity contribution in [3.05, 3.63) is 28.8 Å². The van der Waals surface area contributed by atoms with E-state index in [1.807, 2.05) is 13.0 Å². The molecule has 1 saturated heterocycles. The third-order valence-corrected chi connectivity index (χ3v) is 5.26. The average Bonchev–Trinajstić information content (AvgIpc) is 2.76. The Kier molecular flexibility index (Phi) is 3.62. The summed E-state index contributed by atoms with van der Waals surface area (Å²) in [7, 11) is -3.48. The molecule has 4 nitrogen and oxygen atoms in total. The Morgan fingerprint density at radius 2 is 2.22 bits per heavy atom. The van der Waals surface area contributed by atoms with Crippen molar-refractivity contribution in [3.8, 4) is 6.07 Å². The lowest BCUT2D eigenvalue weighted by Gasteiger charge is -2.16. The Morgan fingerprint density at radius 3 is 2.72 bits per heavy atom. The van der Waals surface area contributed by atoms with Crippen molar-refractivity contribution < 1.29 is 8.42 Å². The largest absolute Gasteiger partial charge is 0.243 e. The van der Waals surface area contributed by atoms with Gasteiger partial charge in [-0.25, -0.2) is 8.42 Å². The molecule has 1 fully saturated rings. The summed E-state index contributed by atoms with van der Waals surface area (Å²) in [5.41, 5.74) is 0.283. The van der Waals surface area contributed by atoms with Crippen LogP contribution in [0.5, 0.6) is 0 Å². The molecule has 0 spiro atoms. The number of benzene rings is 1. The van der Waals surface area contributed by atoms with Crippen LogP contribution in [-0.4, -0.2) is 25.8 Å². The lowest BCUT2D eigenvalue weighted by atomic mass is 10.2. The van der Waals surface area contributed by atoms with E-state index < -0.39 is 10.0 Å². The van der Waals surface area contributed by atoms with Crippen molar-refractivity contribution in [1.82, 2.24) is 4.31 Å². The first-order valence-electron chi connectivity index (χ1n) is 5.65. The molecule has 1 aliphatic rings. The first-order chi connectivity index (χ1) is 8.45. The molecule has 1 heterocycles. The van der Waals surface area contributed by atoms with E-state index in [4.69, 9.17) is 16.9 Å². The van der Waals surface area contributed by atoms with E-state index in [1.54, 1.807) is 0 Å². The molecular formula is C12H13ClN2O2S. The van der Waals surface area contributed by atoms with Crippen molar-refractivity contribution in [2.75, 3.05) is 13.1 Å². The van der Waals surface area contributed by atoms with Crippen LogP contribution in [0.4, 0.5) is 0 Å². The van der Waals surface area contributed by atoms with Crippen LogP contribution in [0, 0.1) is 17.2 Å². The average molecular weight is 285 g/mol. The Hall–Kier alpha value is -1.09. The quantitative estimate of drug-likeness (QED) is 0.837. The van der Waals surface area contributed by atoms with Crippen LogP contribution in [-0.2, 0) is 10.0 Å². The molecule has 0 N–H and O–H groups in total. The predicted octanol–water partition coefficient (Wildman–Crippen LogP) is 2.24. The fraction of sp³-hybridized carbons (Fsp3) is 0.417. The lowest BCUT2D eigenvalue weighted by molar-refractivity contribution is 0.464. The normalized spacial score (nSPS) is 20.8. The first kappa shape index (κ1) is 13.3. The summed E-state index contributed by atoms with van der Waals surface area (Å²) in [6.45, 7) is 3.11. The fourth-order valence-electron chi connectivity index (χ4n) is 2.01. The van der Waals surface area contributed by atoms with Gasteiger partial charge in [0, 0.05) is 13.1 Å². The molecule has 1 aromatic rings. The van der Waals surface area contributed by atoms with Gasteiger partial charge in [-0.2, -0.15) is 9.57 Å². The van der Waals surface area contributed by atoms with Gasteiger partial charge in [-0.15, -0.1) is 0 Å². The summed E-state index contributed by atoms with van der Waals surface area (Å²) in [5.74, 6) is 0.383. The summed E-state index contributed by atoms with van der Waals surface area (Å²) in [5, 5.41) is 8.94. The maximum absolute atomic E-state index is 12.3. The molecule has 0 amide bonds. The highest BCUT2D eigenvalue weighted by Gasteiger charge is 2.30. The minimum atomic E-state index is -3.48. The van der Waals surface area contributed by atoms with Gasteiger partial charge in [-0.05, 0) is 30.5 Å². The number of sulfonamides is 1. The molecule has 0 radical (unpaired) electrons. The van der Waals surface area contributed by atoms with Crippen LogP contribution >= 0.6 is 11.6 Å². The highest BCUT2D eigenvalue weighted by atomic mass is 35.5. The number of hydrogen-bond acceptors (Lipinski definition) is 3. The Morgan fingerprint density at radius 1 is 1.50 bits per heavy atom. The summed E-state index contributed by atoms with van der Waals surface area (Å²) in [6, 6.07) is 6.13. The van der Waals surface area contributed by atoms with Gasteiger partial charge in [-0.3, -0.25) is 0 Å². The van der Waals surface area contributed by atoms with Gasteiger partial charge in [0.05, 0.1) is 15.5 Å². The van der Waals surface area contributed by atoms with E-state index in [9.17, 15) is 8.42 Å². The molecule has 0 aromatic heterocycles. The zero-order valence-electron chi connectivity index (χ0n) is 9.93. The zero-order valence-corrected chi connectivity index (χ0v) is 11.5. The number of rotatable bonds is 2. The Balaban J connectivity index is 2.37. The second-order valence-electron chi connectivity index (χ2n) is 4.51. The van der Waals surface area contributed by atoms with Gasteiger partial charge in [0.1, 0.15) is 6.07 Å².